The minimum atomic E-state index is -2.24. The molecule has 4 N–H and O–H groups in total. The quantitative estimate of drug-likeness (QED) is 0.0909. The molecule has 10 nitrogen and oxygen atoms in total. The van der Waals surface area contributed by atoms with Crippen LogP contribution in [0.2, 0.25) is 0 Å². The van der Waals surface area contributed by atoms with Crippen LogP contribution in [0.25, 0.3) is 0 Å². The average Bonchev–Trinajstić information content (AvgIpc) is 3.67. The third-order valence-corrected chi connectivity index (χ3v) is 14.5. The Morgan fingerprint density at radius 2 is 1.76 bits per heavy atom. The highest BCUT2D eigenvalue weighted by Gasteiger charge is 2.76. The van der Waals surface area contributed by atoms with Gasteiger partial charge in [0.1, 0.15) is 18.4 Å². The Morgan fingerprint density at radius 3 is 2.47 bits per heavy atom. The van der Waals surface area contributed by atoms with Crippen LogP contribution in [0.5, 0.6) is 0 Å². The minimum absolute atomic E-state index is 0.0503. The number of halogens is 2. The SMILES string of the molecule is C=C1C=C[C@@]2(C)C(=C1)[C@@H](F)C[C@H]1[C@@H]3CC[C@](O[C@@H](O)c4ccc(Sc5cccc(NC(=O)CCCCCN6C(=O)C=CC6=O)c5)cc4)(C(=O)CO)[C@@]3(C)C[C@H](O)[C@@]12F. The number of benzene rings is 2. The van der Waals surface area contributed by atoms with Gasteiger partial charge in [0.05, 0.1) is 6.10 Å². The highest BCUT2D eigenvalue weighted by molar-refractivity contribution is 7.99. The van der Waals surface area contributed by atoms with E-state index >= 15 is 8.78 Å². The van der Waals surface area contributed by atoms with E-state index in [1.54, 1.807) is 62.4 Å². The summed E-state index contributed by atoms with van der Waals surface area (Å²) in [6, 6.07) is 14.2. The number of nitrogens with zero attached hydrogens (tertiary/aromatic N) is 1. The normalized spacial score (nSPS) is 33.1. The van der Waals surface area contributed by atoms with E-state index in [1.807, 2.05) is 18.2 Å². The molecule has 4 aliphatic carbocycles. The maximum absolute atomic E-state index is 17.7. The summed E-state index contributed by atoms with van der Waals surface area (Å²) >= 11 is 1.43. The molecule has 0 saturated heterocycles. The number of aliphatic hydroxyl groups is 3. The monoisotopic (exact) mass is 816 g/mol. The summed E-state index contributed by atoms with van der Waals surface area (Å²) in [5.74, 6) is -3.03. The van der Waals surface area contributed by atoms with E-state index in [2.05, 4.69) is 11.9 Å². The standard InChI is InChI=1S/C45H50F2N2O8S/c1-27-17-19-42(2)34(22-27)35(46)24-33-32-18-20-44(37(52)26-50,43(32,3)25-36(51)45(33,42)47)57-41(56)28-11-13-30(14-12-28)58-31-9-7-8-29(23-31)48-38(53)10-5-4-6-21-49-39(54)15-16-40(49)55/h7-9,11-17,19,22-23,32-33,35-36,41,50-51,56H,1,4-6,10,18,20-21,24-26H2,2-3H3,(H,48,53)/t32-,33-,35-,36-,41+,42-,43-,44-,45-/m0/s1. The van der Waals surface area contributed by atoms with Gasteiger partial charge in [-0.3, -0.25) is 24.1 Å². The van der Waals surface area contributed by atoms with Crippen molar-refractivity contribution in [2.24, 2.45) is 22.7 Å². The van der Waals surface area contributed by atoms with Gasteiger partial charge in [-0.15, -0.1) is 0 Å². The van der Waals surface area contributed by atoms with E-state index < -0.39 is 64.9 Å². The highest BCUT2D eigenvalue weighted by atomic mass is 32.2. The van der Waals surface area contributed by atoms with E-state index in [-0.39, 0.29) is 55.4 Å². The molecule has 0 bridgehead atoms. The zero-order valence-electron chi connectivity index (χ0n) is 32.7. The van der Waals surface area contributed by atoms with Crippen LogP contribution in [0.15, 0.2) is 106 Å². The van der Waals surface area contributed by atoms with Crippen LogP contribution >= 0.6 is 11.8 Å². The number of ether oxygens (including phenoxy) is 1. The Morgan fingerprint density at radius 1 is 1.03 bits per heavy atom. The number of rotatable bonds is 14. The largest absolute Gasteiger partial charge is 0.390 e. The van der Waals surface area contributed by atoms with Crippen LogP contribution in [0, 0.1) is 22.7 Å². The lowest BCUT2D eigenvalue weighted by Gasteiger charge is -2.63. The van der Waals surface area contributed by atoms with Crippen molar-refractivity contribution in [3.8, 4) is 0 Å². The first-order valence-electron chi connectivity index (χ1n) is 19.9. The van der Waals surface area contributed by atoms with Crippen molar-refractivity contribution >= 4 is 41.0 Å². The smallest absolute Gasteiger partial charge is 0.253 e. The molecule has 0 unspecified atom stereocenters. The molecule has 58 heavy (non-hydrogen) atoms. The number of amides is 3. The number of imide groups is 1. The van der Waals surface area contributed by atoms with Crippen molar-refractivity contribution in [3.63, 3.8) is 0 Å². The molecule has 9 atom stereocenters. The van der Waals surface area contributed by atoms with Crippen molar-refractivity contribution in [2.45, 2.75) is 105 Å². The molecule has 2 aromatic carbocycles. The lowest BCUT2D eigenvalue weighted by atomic mass is 9.44. The molecule has 7 rings (SSSR count). The summed E-state index contributed by atoms with van der Waals surface area (Å²) in [4.78, 5) is 52.6. The number of hydrogen-bond acceptors (Lipinski definition) is 9. The summed E-state index contributed by atoms with van der Waals surface area (Å²) in [6.07, 6.45) is 4.76. The van der Waals surface area contributed by atoms with Gasteiger partial charge in [0.25, 0.3) is 11.8 Å². The second kappa shape index (κ2) is 16.1. The second-order valence-electron chi connectivity index (χ2n) is 16.7. The number of allylic oxidation sites excluding steroid dienone is 5. The fourth-order valence-corrected chi connectivity index (χ4v) is 11.3. The predicted molar refractivity (Wildman–Crippen MR) is 214 cm³/mol. The third-order valence-electron chi connectivity index (χ3n) is 13.5. The average molecular weight is 817 g/mol. The van der Waals surface area contributed by atoms with Crippen molar-refractivity contribution in [2.75, 3.05) is 18.5 Å². The minimum Gasteiger partial charge on any atom is -0.390 e. The molecule has 3 amide bonds. The van der Waals surface area contributed by atoms with Crippen LogP contribution in [-0.4, -0.2) is 80.4 Å². The highest BCUT2D eigenvalue weighted by Crippen LogP contribution is 2.71. The molecule has 0 radical (unpaired) electrons. The van der Waals surface area contributed by atoms with E-state index in [9.17, 15) is 34.5 Å². The molecule has 5 aliphatic rings. The van der Waals surface area contributed by atoms with Crippen LogP contribution in [0.1, 0.15) is 77.1 Å². The van der Waals surface area contributed by atoms with Crippen LogP contribution in [0.3, 0.4) is 0 Å². The zero-order chi connectivity index (χ0) is 41.6. The number of carbonyl (C=O) groups is 4. The van der Waals surface area contributed by atoms with Crippen molar-refractivity contribution in [1.82, 2.24) is 4.90 Å². The molecule has 2 aromatic rings. The van der Waals surface area contributed by atoms with Gasteiger partial charge in [0.2, 0.25) is 5.91 Å². The number of hydrogen-bond donors (Lipinski definition) is 4. The van der Waals surface area contributed by atoms with Crippen LogP contribution in [-0.2, 0) is 23.9 Å². The van der Waals surface area contributed by atoms with E-state index in [0.717, 1.165) is 9.79 Å². The molecule has 308 valence electrons. The summed E-state index contributed by atoms with van der Waals surface area (Å²) in [5, 5.41) is 36.4. The van der Waals surface area contributed by atoms with Gasteiger partial charge < -0.3 is 25.4 Å². The number of fused-ring (bicyclic) bond motifs is 5. The summed E-state index contributed by atoms with van der Waals surface area (Å²) in [6.45, 7) is 6.67. The van der Waals surface area contributed by atoms with Crippen molar-refractivity contribution in [3.05, 3.63) is 102 Å². The number of ketones is 1. The fourth-order valence-electron chi connectivity index (χ4n) is 10.4. The van der Waals surface area contributed by atoms with Gasteiger partial charge in [0, 0.05) is 62.9 Å². The summed E-state index contributed by atoms with van der Waals surface area (Å²) < 4.78 is 40.0. The Balaban J connectivity index is 0.991. The van der Waals surface area contributed by atoms with Gasteiger partial charge in [0.15, 0.2) is 17.7 Å². The molecular formula is C45H50F2N2O8S. The fraction of sp³-hybridized carbons (Fsp3) is 0.467. The van der Waals surface area contributed by atoms with E-state index in [4.69, 9.17) is 4.74 Å². The molecule has 1 aliphatic heterocycles. The van der Waals surface area contributed by atoms with Gasteiger partial charge in [-0.2, -0.15) is 0 Å². The Hall–Kier alpha value is -4.27. The maximum atomic E-state index is 17.7. The maximum Gasteiger partial charge on any atom is 0.253 e. The van der Waals surface area contributed by atoms with Gasteiger partial charge in [-0.05, 0) is 92.8 Å². The molecule has 3 fully saturated rings. The van der Waals surface area contributed by atoms with Crippen LogP contribution < -0.4 is 5.32 Å². The molecule has 13 heteroatoms. The Kier molecular flexibility index (Phi) is 11.6. The molecular weight excluding hydrogens is 767 g/mol. The topological polar surface area (TPSA) is 153 Å². The number of alkyl halides is 2. The summed E-state index contributed by atoms with van der Waals surface area (Å²) in [5.41, 5.74) is -4.93. The number of anilines is 1. The zero-order valence-corrected chi connectivity index (χ0v) is 33.5. The molecule has 3 saturated carbocycles. The second-order valence-corrected chi connectivity index (χ2v) is 17.8. The number of carbonyl (C=O) groups excluding carboxylic acids is 4. The number of Topliss-reactive ketones (excluding diaryl/α,β-unsaturated/α-hetero) is 1. The molecule has 0 spiro atoms. The van der Waals surface area contributed by atoms with Gasteiger partial charge in [-0.25, -0.2) is 8.78 Å². The van der Waals surface area contributed by atoms with Crippen molar-refractivity contribution in [1.29, 1.82) is 0 Å². The van der Waals surface area contributed by atoms with Gasteiger partial charge >= 0.3 is 0 Å². The van der Waals surface area contributed by atoms with E-state index in [0.29, 0.717) is 42.6 Å². The summed E-state index contributed by atoms with van der Waals surface area (Å²) in [7, 11) is 0. The van der Waals surface area contributed by atoms with Crippen LogP contribution in [0.4, 0.5) is 14.5 Å². The number of aliphatic hydroxyl groups excluding tert-OH is 3. The van der Waals surface area contributed by atoms with E-state index in [1.165, 1.54) is 28.8 Å². The number of unbranched alkanes of at least 4 members (excludes halogenated alkanes) is 2. The van der Waals surface area contributed by atoms with Crippen molar-refractivity contribution < 1.29 is 48.0 Å². The predicted octanol–water partition coefficient (Wildman–Crippen LogP) is 6.88. The molecule has 0 aromatic heterocycles. The first-order chi connectivity index (χ1) is 27.6. The Labute approximate surface area is 341 Å². The number of nitrogens with one attached hydrogen (secondary N) is 1. The lowest BCUT2D eigenvalue weighted by molar-refractivity contribution is -0.260. The third kappa shape index (κ3) is 7.12. The first kappa shape index (κ1) is 41.9. The Bertz CT molecular complexity index is 2070. The van der Waals surface area contributed by atoms with Gasteiger partial charge in [-0.1, -0.05) is 68.1 Å². The molecule has 1 heterocycles. The first-order valence-corrected chi connectivity index (χ1v) is 20.7. The lowest BCUT2D eigenvalue weighted by Crippen LogP contribution is -2.70.